The SMILES string of the molecule is COc1cc(S[Si](C)(C)C(C)(C)C)c(C2SCCCS2)cc1OC. The van der Waals surface area contributed by atoms with E-state index in [1.165, 1.54) is 28.4 Å². The zero-order valence-electron chi connectivity index (χ0n) is 15.9. The maximum Gasteiger partial charge on any atom is 0.161 e. The van der Waals surface area contributed by atoms with E-state index in [1.807, 2.05) is 0 Å². The lowest BCUT2D eigenvalue weighted by Gasteiger charge is -2.37. The summed E-state index contributed by atoms with van der Waals surface area (Å²) in [6, 6.07) is 4.42. The van der Waals surface area contributed by atoms with E-state index >= 15 is 0 Å². The molecule has 0 unspecified atom stereocenters. The maximum absolute atomic E-state index is 5.58. The number of thioether (sulfide) groups is 2. The molecule has 0 aliphatic carbocycles. The molecule has 0 radical (unpaired) electrons. The van der Waals surface area contributed by atoms with Gasteiger partial charge < -0.3 is 9.47 Å². The third kappa shape index (κ3) is 4.62. The Bertz CT molecular complexity index is 564. The summed E-state index contributed by atoms with van der Waals surface area (Å²) >= 11 is 6.23. The van der Waals surface area contributed by atoms with Gasteiger partial charge in [-0.05, 0) is 40.7 Å². The number of hydrogen-bond donors (Lipinski definition) is 0. The maximum atomic E-state index is 5.58. The molecule has 0 aromatic heterocycles. The summed E-state index contributed by atoms with van der Waals surface area (Å²) in [6.45, 7) is 12.1. The monoisotopic (exact) mass is 402 g/mol. The van der Waals surface area contributed by atoms with Gasteiger partial charge in [0.05, 0.1) is 18.8 Å². The molecule has 6 heteroatoms. The van der Waals surface area contributed by atoms with E-state index in [9.17, 15) is 0 Å². The Morgan fingerprint density at radius 2 is 1.58 bits per heavy atom. The molecule has 1 aromatic carbocycles. The van der Waals surface area contributed by atoms with Gasteiger partial charge in [-0.2, -0.15) is 11.2 Å². The van der Waals surface area contributed by atoms with Crippen molar-refractivity contribution in [1.82, 2.24) is 0 Å². The fourth-order valence-corrected chi connectivity index (χ4v) is 9.75. The fraction of sp³-hybridized carbons (Fsp3) is 0.667. The van der Waals surface area contributed by atoms with Crippen LogP contribution in [0.4, 0.5) is 0 Å². The second kappa shape index (κ2) is 8.19. The van der Waals surface area contributed by atoms with Crippen molar-refractivity contribution in [3.05, 3.63) is 17.7 Å². The number of hydrogen-bond acceptors (Lipinski definition) is 5. The summed E-state index contributed by atoms with van der Waals surface area (Å²) in [5, 5.41) is 0.342. The van der Waals surface area contributed by atoms with Crippen molar-refractivity contribution in [3.63, 3.8) is 0 Å². The summed E-state index contributed by atoms with van der Waals surface area (Å²) in [4.78, 5) is 1.38. The zero-order valence-corrected chi connectivity index (χ0v) is 19.3. The fourth-order valence-electron chi connectivity index (χ4n) is 2.24. The number of methoxy groups -OCH3 is 2. The number of benzene rings is 1. The van der Waals surface area contributed by atoms with Crippen LogP contribution in [-0.2, 0) is 0 Å². The van der Waals surface area contributed by atoms with Gasteiger partial charge in [-0.15, -0.1) is 23.5 Å². The Hall–Kier alpha value is 0.0869. The smallest absolute Gasteiger partial charge is 0.161 e. The van der Waals surface area contributed by atoms with Crippen LogP contribution in [0.25, 0.3) is 0 Å². The molecule has 0 atom stereocenters. The number of ether oxygens (including phenoxy) is 2. The van der Waals surface area contributed by atoms with Crippen molar-refractivity contribution < 1.29 is 9.47 Å². The van der Waals surface area contributed by atoms with E-state index < -0.39 is 7.22 Å². The Labute approximate surface area is 160 Å². The second-order valence-electron chi connectivity index (χ2n) is 7.53. The van der Waals surface area contributed by atoms with E-state index in [2.05, 4.69) is 80.7 Å². The average molecular weight is 403 g/mol. The van der Waals surface area contributed by atoms with E-state index in [0.717, 1.165) is 11.5 Å². The molecule has 0 saturated carbocycles. The standard InChI is InChI=1S/C18H30O2S3Si/c1-18(2,3)24(6,7)23-16-12-15(20-5)14(19-4)11-13(16)17-21-9-8-10-22-17/h11-12,17H,8-10H2,1-7H3. The molecule has 1 aromatic rings. The molecule has 1 saturated heterocycles. The molecule has 1 fully saturated rings. The van der Waals surface area contributed by atoms with E-state index in [0.29, 0.717) is 9.62 Å². The number of rotatable bonds is 5. The second-order valence-corrected chi connectivity index (χ2v) is 19.1. The first-order chi connectivity index (χ1) is 11.2. The van der Waals surface area contributed by atoms with Crippen molar-refractivity contribution in [3.8, 4) is 11.5 Å². The molecule has 1 heterocycles. The minimum atomic E-state index is -1.50. The first-order valence-corrected chi connectivity index (χ1v) is 15.0. The highest BCUT2D eigenvalue weighted by molar-refractivity contribution is 8.29. The van der Waals surface area contributed by atoms with E-state index in [4.69, 9.17) is 9.47 Å². The topological polar surface area (TPSA) is 18.5 Å². The first-order valence-electron chi connectivity index (χ1n) is 8.38. The molecule has 136 valence electrons. The molecular weight excluding hydrogens is 372 g/mol. The minimum Gasteiger partial charge on any atom is -0.493 e. The Kier molecular flexibility index (Phi) is 6.96. The lowest BCUT2D eigenvalue weighted by Crippen LogP contribution is -2.33. The van der Waals surface area contributed by atoms with Crippen molar-refractivity contribution in [2.24, 2.45) is 0 Å². The van der Waals surface area contributed by atoms with Crippen molar-refractivity contribution in [1.29, 1.82) is 0 Å². The molecular formula is C18H30O2S3Si. The van der Waals surface area contributed by atoms with Crippen molar-refractivity contribution in [2.45, 2.75) is 54.8 Å². The van der Waals surface area contributed by atoms with Crippen LogP contribution in [-0.4, -0.2) is 32.9 Å². The average Bonchev–Trinajstić information content (AvgIpc) is 2.53. The predicted octanol–water partition coefficient (Wildman–Crippen LogP) is 6.67. The van der Waals surface area contributed by atoms with Gasteiger partial charge in [0.25, 0.3) is 0 Å². The third-order valence-corrected chi connectivity index (χ3v) is 16.5. The molecule has 2 rings (SSSR count). The highest BCUT2D eigenvalue weighted by Gasteiger charge is 2.38. The normalized spacial score (nSPS) is 17.0. The van der Waals surface area contributed by atoms with Gasteiger partial charge in [0.2, 0.25) is 0 Å². The summed E-state index contributed by atoms with van der Waals surface area (Å²) < 4.78 is 11.7. The molecule has 0 N–H and O–H groups in total. The Morgan fingerprint density at radius 3 is 2.08 bits per heavy atom. The lowest BCUT2D eigenvalue weighted by atomic mass is 10.2. The highest BCUT2D eigenvalue weighted by Crippen LogP contribution is 2.53. The van der Waals surface area contributed by atoms with Gasteiger partial charge >= 0.3 is 0 Å². The van der Waals surface area contributed by atoms with Gasteiger partial charge in [-0.25, -0.2) is 0 Å². The van der Waals surface area contributed by atoms with Crippen LogP contribution in [0.1, 0.15) is 37.3 Å². The van der Waals surface area contributed by atoms with Crippen LogP contribution >= 0.6 is 34.7 Å². The van der Waals surface area contributed by atoms with E-state index in [1.54, 1.807) is 14.2 Å². The van der Waals surface area contributed by atoms with Crippen LogP contribution in [0, 0.1) is 0 Å². The van der Waals surface area contributed by atoms with Crippen molar-refractivity contribution in [2.75, 3.05) is 25.7 Å². The van der Waals surface area contributed by atoms with Crippen molar-refractivity contribution >= 4 is 42.0 Å². The Morgan fingerprint density at radius 1 is 1.04 bits per heavy atom. The highest BCUT2D eigenvalue weighted by atomic mass is 32.4. The van der Waals surface area contributed by atoms with Gasteiger partial charge in [0.15, 0.2) is 11.5 Å². The molecule has 1 aliphatic rings. The van der Waals surface area contributed by atoms with Crippen LogP contribution in [0.15, 0.2) is 17.0 Å². The predicted molar refractivity (Wildman–Crippen MR) is 115 cm³/mol. The van der Waals surface area contributed by atoms with Gasteiger partial charge in [-0.1, -0.05) is 33.9 Å². The molecule has 0 spiro atoms. The first kappa shape index (κ1) is 20.4. The summed E-state index contributed by atoms with van der Waals surface area (Å²) in [7, 11) is 1.95. The van der Waals surface area contributed by atoms with Crippen LogP contribution < -0.4 is 9.47 Å². The Balaban J connectivity index is 2.46. The largest absolute Gasteiger partial charge is 0.493 e. The summed E-state index contributed by atoms with van der Waals surface area (Å²) in [5.41, 5.74) is 1.41. The van der Waals surface area contributed by atoms with Gasteiger partial charge in [0, 0.05) is 4.90 Å². The van der Waals surface area contributed by atoms with Gasteiger partial charge in [0.1, 0.15) is 7.22 Å². The third-order valence-electron chi connectivity index (χ3n) is 4.77. The van der Waals surface area contributed by atoms with Crippen LogP contribution in [0.3, 0.4) is 0 Å². The molecule has 2 nitrogen and oxygen atoms in total. The van der Waals surface area contributed by atoms with E-state index in [-0.39, 0.29) is 0 Å². The zero-order chi connectivity index (χ0) is 18.0. The molecule has 0 bridgehead atoms. The minimum absolute atomic E-state index is 0.342. The van der Waals surface area contributed by atoms with Crippen LogP contribution in [0.5, 0.6) is 11.5 Å². The molecule has 0 amide bonds. The molecule has 24 heavy (non-hydrogen) atoms. The van der Waals surface area contributed by atoms with Gasteiger partial charge in [-0.3, -0.25) is 0 Å². The lowest BCUT2D eigenvalue weighted by molar-refractivity contribution is 0.353. The summed E-state index contributed by atoms with van der Waals surface area (Å²) in [6.07, 6.45) is 1.31. The quantitative estimate of drug-likeness (QED) is 0.510. The molecule has 1 aliphatic heterocycles. The summed E-state index contributed by atoms with van der Waals surface area (Å²) in [5.74, 6) is 4.18. The van der Waals surface area contributed by atoms with Crippen LogP contribution in [0.2, 0.25) is 18.1 Å².